The number of hydrogen-bond acceptors (Lipinski definition) is 1. The second-order valence-corrected chi connectivity index (χ2v) is 6.07. The van der Waals surface area contributed by atoms with Gasteiger partial charge in [0.05, 0.1) is 0 Å². The second-order valence-electron chi connectivity index (χ2n) is 4.95. The van der Waals surface area contributed by atoms with Crippen molar-refractivity contribution in [2.24, 2.45) is 0 Å². The van der Waals surface area contributed by atoms with Crippen LogP contribution in [0.25, 0.3) is 0 Å². The molecule has 0 bridgehead atoms. The largest absolute Gasteiger partial charge is 0.481 e. The molecule has 0 aliphatic carbocycles. The van der Waals surface area contributed by atoms with Crippen molar-refractivity contribution in [3.05, 3.63) is 0 Å². The average molecular weight is 337 g/mol. The number of carboxylic acid groups (broad SMARTS) is 1. The third kappa shape index (κ3) is 27.2. The number of unbranched alkanes of at least 4 members (excludes halogenated alkanes) is 10. The highest BCUT2D eigenvalue weighted by Crippen LogP contribution is 2.11. The van der Waals surface area contributed by atoms with Crippen LogP contribution < -0.4 is 0 Å². The van der Waals surface area contributed by atoms with Crippen LogP contribution in [0.3, 0.4) is 0 Å². The van der Waals surface area contributed by atoms with Gasteiger partial charge in [0.15, 0.2) is 0 Å². The Hall–Kier alpha value is -0.0500. The normalized spacial score (nSPS) is 9.84. The Morgan fingerprint density at radius 2 is 1.11 bits per heavy atom. The van der Waals surface area contributed by atoms with E-state index in [1.54, 1.807) is 0 Å². The van der Waals surface area contributed by atoms with Crippen LogP contribution in [0.5, 0.6) is 0 Å². The lowest BCUT2D eigenvalue weighted by atomic mass is 10.1. The molecular formula is C16H33BrO2. The summed E-state index contributed by atoms with van der Waals surface area (Å²) in [6.45, 7) is 4.29. The van der Waals surface area contributed by atoms with Gasteiger partial charge in [0.25, 0.3) is 0 Å². The Morgan fingerprint density at radius 3 is 1.42 bits per heavy atom. The van der Waals surface area contributed by atoms with Crippen molar-refractivity contribution in [2.75, 3.05) is 5.33 Å². The van der Waals surface area contributed by atoms with E-state index in [4.69, 9.17) is 5.11 Å². The first-order valence-electron chi connectivity index (χ1n) is 7.96. The number of carbonyl (C=O) groups is 1. The monoisotopic (exact) mass is 336 g/mol. The van der Waals surface area contributed by atoms with E-state index >= 15 is 0 Å². The number of halogens is 1. The van der Waals surface area contributed by atoms with E-state index in [1.807, 2.05) is 6.92 Å². The van der Waals surface area contributed by atoms with Crippen LogP contribution in [0.4, 0.5) is 0 Å². The maximum atomic E-state index is 10.3. The van der Waals surface area contributed by atoms with Crippen molar-refractivity contribution in [1.29, 1.82) is 0 Å². The molecule has 3 heteroatoms. The first-order valence-corrected chi connectivity index (χ1v) is 9.08. The van der Waals surface area contributed by atoms with Crippen molar-refractivity contribution in [3.8, 4) is 0 Å². The Bertz CT molecular complexity index is 172. The molecule has 0 saturated carbocycles. The summed E-state index contributed by atoms with van der Waals surface area (Å²) in [5, 5.41) is 9.52. The van der Waals surface area contributed by atoms with E-state index in [9.17, 15) is 4.79 Å². The molecule has 116 valence electrons. The summed E-state index contributed by atoms with van der Waals surface area (Å²) in [6, 6.07) is 0. The number of hydrogen-bond donors (Lipinski definition) is 1. The van der Waals surface area contributed by atoms with Crippen molar-refractivity contribution in [2.45, 2.75) is 90.9 Å². The fraction of sp³-hybridized carbons (Fsp3) is 0.938. The van der Waals surface area contributed by atoms with Gasteiger partial charge in [-0.1, -0.05) is 94.0 Å². The van der Waals surface area contributed by atoms with Crippen LogP contribution in [-0.2, 0) is 4.79 Å². The number of carboxylic acids is 1. The van der Waals surface area contributed by atoms with Gasteiger partial charge in [-0.05, 0) is 6.42 Å². The number of rotatable bonds is 12. The lowest BCUT2D eigenvalue weighted by Gasteiger charge is -2.01. The van der Waals surface area contributed by atoms with Crippen molar-refractivity contribution < 1.29 is 9.90 Å². The highest BCUT2D eigenvalue weighted by atomic mass is 79.9. The van der Waals surface area contributed by atoms with Crippen LogP contribution in [0.2, 0.25) is 0 Å². The molecule has 1 N–H and O–H groups in total. The minimum atomic E-state index is -0.657. The molecule has 0 aliphatic rings. The van der Waals surface area contributed by atoms with Gasteiger partial charge >= 0.3 is 5.97 Å². The zero-order chi connectivity index (χ0) is 14.8. The molecule has 2 nitrogen and oxygen atoms in total. The second kappa shape index (κ2) is 20.3. The summed E-state index contributed by atoms with van der Waals surface area (Å²) < 4.78 is 0. The van der Waals surface area contributed by atoms with Gasteiger partial charge in [-0.15, -0.1) is 0 Å². The molecule has 0 radical (unpaired) electrons. The van der Waals surface area contributed by atoms with Crippen molar-refractivity contribution in [3.63, 3.8) is 0 Å². The highest BCUT2D eigenvalue weighted by molar-refractivity contribution is 9.09. The molecule has 0 atom stereocenters. The van der Waals surface area contributed by atoms with Crippen LogP contribution in [0.15, 0.2) is 0 Å². The minimum Gasteiger partial charge on any atom is -0.481 e. The first kappa shape index (κ1) is 21.3. The van der Waals surface area contributed by atoms with Gasteiger partial charge in [-0.2, -0.15) is 0 Å². The molecule has 0 aromatic heterocycles. The zero-order valence-corrected chi connectivity index (χ0v) is 14.5. The van der Waals surface area contributed by atoms with Crippen molar-refractivity contribution in [1.82, 2.24) is 0 Å². The van der Waals surface area contributed by atoms with Crippen LogP contribution >= 0.6 is 15.9 Å². The third-order valence-electron chi connectivity index (χ3n) is 2.99. The predicted molar refractivity (Wildman–Crippen MR) is 88.2 cm³/mol. The van der Waals surface area contributed by atoms with E-state index in [-0.39, 0.29) is 0 Å². The molecular weight excluding hydrogens is 304 g/mol. The zero-order valence-electron chi connectivity index (χ0n) is 12.9. The quantitative estimate of drug-likeness (QED) is 0.341. The van der Waals surface area contributed by atoms with Crippen molar-refractivity contribution >= 4 is 21.9 Å². The Kier molecular flexibility index (Phi) is 22.7. The SMILES string of the molecule is CCBr.CCCCCCCCCCCCCC(=O)O. The van der Waals surface area contributed by atoms with Gasteiger partial charge in [0.1, 0.15) is 0 Å². The molecule has 0 aliphatic heterocycles. The van der Waals surface area contributed by atoms with Gasteiger partial charge in [0.2, 0.25) is 0 Å². The van der Waals surface area contributed by atoms with Gasteiger partial charge in [0, 0.05) is 11.8 Å². The minimum absolute atomic E-state index is 0.344. The Morgan fingerprint density at radius 1 is 0.789 bits per heavy atom. The molecule has 0 rings (SSSR count). The lowest BCUT2D eigenvalue weighted by molar-refractivity contribution is -0.137. The first-order chi connectivity index (χ1) is 9.18. The van der Waals surface area contributed by atoms with E-state index in [1.165, 1.54) is 57.8 Å². The lowest BCUT2D eigenvalue weighted by Crippen LogP contribution is -1.93. The average Bonchev–Trinajstić information content (AvgIpc) is 2.36. The standard InChI is InChI=1S/C14H28O2.C2H5Br/c1-2-3-4-5-6-7-8-9-10-11-12-13-14(15)16;1-2-3/h2-13H2,1H3,(H,15,16);2H2,1H3. The maximum absolute atomic E-state index is 10.3. The summed E-state index contributed by atoms with van der Waals surface area (Å²) in [7, 11) is 0. The summed E-state index contributed by atoms with van der Waals surface area (Å²) in [4.78, 5) is 10.3. The smallest absolute Gasteiger partial charge is 0.303 e. The van der Waals surface area contributed by atoms with Crippen LogP contribution in [0, 0.1) is 0 Å². The fourth-order valence-corrected chi connectivity index (χ4v) is 1.94. The molecule has 0 fully saturated rings. The summed E-state index contributed by atoms with van der Waals surface area (Å²) in [5.41, 5.74) is 0. The number of alkyl halides is 1. The van der Waals surface area contributed by atoms with Crippen LogP contribution in [-0.4, -0.2) is 16.4 Å². The topological polar surface area (TPSA) is 37.3 Å². The summed E-state index contributed by atoms with van der Waals surface area (Å²) in [5.74, 6) is -0.657. The molecule has 0 amide bonds. The van der Waals surface area contributed by atoms with Gasteiger partial charge in [-0.25, -0.2) is 0 Å². The molecule has 0 unspecified atom stereocenters. The van der Waals surface area contributed by atoms with E-state index < -0.39 is 5.97 Å². The molecule has 0 heterocycles. The Labute approximate surface area is 128 Å². The fourth-order valence-electron chi connectivity index (χ4n) is 1.94. The molecule has 0 spiro atoms. The van der Waals surface area contributed by atoms with E-state index in [2.05, 4.69) is 22.9 Å². The molecule has 19 heavy (non-hydrogen) atoms. The van der Waals surface area contributed by atoms with E-state index in [0.717, 1.165) is 18.2 Å². The molecule has 0 saturated heterocycles. The molecule has 0 aromatic rings. The van der Waals surface area contributed by atoms with Gasteiger partial charge < -0.3 is 5.11 Å². The Balaban J connectivity index is 0. The highest BCUT2D eigenvalue weighted by Gasteiger charge is 1.96. The van der Waals surface area contributed by atoms with E-state index in [0.29, 0.717) is 6.42 Å². The maximum Gasteiger partial charge on any atom is 0.303 e. The molecule has 0 aromatic carbocycles. The van der Waals surface area contributed by atoms with Crippen LogP contribution in [0.1, 0.15) is 90.9 Å². The summed E-state index contributed by atoms with van der Waals surface area (Å²) >= 11 is 3.15. The third-order valence-corrected chi connectivity index (χ3v) is 2.99. The number of aliphatic carboxylic acids is 1. The predicted octanol–water partition coefficient (Wildman–Crippen LogP) is 6.17. The van der Waals surface area contributed by atoms with Gasteiger partial charge in [-0.3, -0.25) is 4.79 Å². The summed E-state index contributed by atoms with van der Waals surface area (Å²) in [6.07, 6.45) is 14.4.